The van der Waals surface area contributed by atoms with E-state index in [0.29, 0.717) is 5.95 Å². The van der Waals surface area contributed by atoms with Crippen molar-refractivity contribution in [3.8, 4) is 0 Å². The van der Waals surface area contributed by atoms with Gasteiger partial charge in [0.15, 0.2) is 0 Å². The smallest absolute Gasteiger partial charge is 0.252 e. The number of hydrogen-bond donors (Lipinski definition) is 2. The standard InChI is InChI=1S/C8H13N3O2/c1-6(2)13-5-7(12)11-8-9-3-4-10-8/h3-4,6H,5H2,1-2H3,(H2,9,10,11,12). The molecule has 0 bridgehead atoms. The lowest BCUT2D eigenvalue weighted by Gasteiger charge is -2.06. The van der Waals surface area contributed by atoms with E-state index >= 15 is 0 Å². The van der Waals surface area contributed by atoms with Gasteiger partial charge >= 0.3 is 0 Å². The van der Waals surface area contributed by atoms with Gasteiger partial charge in [-0.05, 0) is 13.8 Å². The first kappa shape index (κ1) is 9.73. The van der Waals surface area contributed by atoms with Crippen LogP contribution in [0.5, 0.6) is 0 Å². The first-order valence-electron chi connectivity index (χ1n) is 4.09. The SMILES string of the molecule is CC(C)OCC(=O)Nc1ncc[nH]1. The molecule has 5 heteroatoms. The topological polar surface area (TPSA) is 67.0 Å². The number of anilines is 1. The highest BCUT2D eigenvalue weighted by Gasteiger charge is 2.04. The number of aromatic amines is 1. The predicted molar refractivity (Wildman–Crippen MR) is 48.3 cm³/mol. The molecule has 0 aliphatic heterocycles. The monoisotopic (exact) mass is 183 g/mol. The summed E-state index contributed by atoms with van der Waals surface area (Å²) in [6.45, 7) is 3.80. The molecule has 0 saturated carbocycles. The second-order valence-corrected chi connectivity index (χ2v) is 2.85. The number of H-pyrrole nitrogens is 1. The summed E-state index contributed by atoms with van der Waals surface area (Å²) in [6.07, 6.45) is 3.26. The van der Waals surface area contributed by atoms with E-state index < -0.39 is 0 Å². The molecule has 13 heavy (non-hydrogen) atoms. The molecule has 0 aliphatic rings. The Bertz CT molecular complexity index is 256. The largest absolute Gasteiger partial charge is 0.369 e. The Morgan fingerprint density at radius 1 is 1.77 bits per heavy atom. The van der Waals surface area contributed by atoms with Crippen LogP contribution in [0.2, 0.25) is 0 Å². The summed E-state index contributed by atoms with van der Waals surface area (Å²) in [5.74, 6) is 0.237. The highest BCUT2D eigenvalue weighted by molar-refractivity contribution is 5.89. The normalized spacial score (nSPS) is 10.4. The van der Waals surface area contributed by atoms with Crippen LogP contribution in [0, 0.1) is 0 Å². The Balaban J connectivity index is 2.26. The molecule has 0 radical (unpaired) electrons. The minimum Gasteiger partial charge on any atom is -0.369 e. The molecule has 1 heterocycles. The van der Waals surface area contributed by atoms with Gasteiger partial charge in [0.1, 0.15) is 6.61 Å². The van der Waals surface area contributed by atoms with Gasteiger partial charge in [0, 0.05) is 12.4 Å². The maximum absolute atomic E-state index is 11.1. The Kier molecular flexibility index (Phi) is 3.45. The molecule has 0 aliphatic carbocycles. The first-order chi connectivity index (χ1) is 6.18. The Morgan fingerprint density at radius 2 is 2.54 bits per heavy atom. The molecule has 72 valence electrons. The number of amides is 1. The molecule has 0 unspecified atom stereocenters. The van der Waals surface area contributed by atoms with Gasteiger partial charge in [-0.3, -0.25) is 10.1 Å². The first-order valence-corrected chi connectivity index (χ1v) is 4.09. The molecule has 0 fully saturated rings. The van der Waals surface area contributed by atoms with Crippen LogP contribution in [-0.4, -0.2) is 28.6 Å². The summed E-state index contributed by atoms with van der Waals surface area (Å²) < 4.78 is 5.10. The molecule has 0 aromatic carbocycles. The van der Waals surface area contributed by atoms with E-state index in [1.54, 1.807) is 12.4 Å². The lowest BCUT2D eigenvalue weighted by molar-refractivity contribution is -0.122. The molecule has 2 N–H and O–H groups in total. The van der Waals surface area contributed by atoms with Crippen molar-refractivity contribution in [2.24, 2.45) is 0 Å². The van der Waals surface area contributed by atoms with Gasteiger partial charge in [0.2, 0.25) is 5.95 Å². The predicted octanol–water partition coefficient (Wildman–Crippen LogP) is 0.773. The molecular weight excluding hydrogens is 170 g/mol. The number of rotatable bonds is 4. The van der Waals surface area contributed by atoms with Gasteiger partial charge < -0.3 is 9.72 Å². The second-order valence-electron chi connectivity index (χ2n) is 2.85. The van der Waals surface area contributed by atoms with E-state index in [9.17, 15) is 4.79 Å². The number of carbonyl (C=O) groups is 1. The average molecular weight is 183 g/mol. The molecular formula is C8H13N3O2. The third-order valence-corrected chi connectivity index (χ3v) is 1.30. The molecule has 0 spiro atoms. The third kappa shape index (κ3) is 3.71. The van der Waals surface area contributed by atoms with Crippen LogP contribution in [0.15, 0.2) is 12.4 Å². The van der Waals surface area contributed by atoms with Gasteiger partial charge in [-0.25, -0.2) is 4.98 Å². The third-order valence-electron chi connectivity index (χ3n) is 1.30. The maximum Gasteiger partial charge on any atom is 0.252 e. The van der Waals surface area contributed by atoms with Gasteiger partial charge in [-0.2, -0.15) is 0 Å². The lowest BCUT2D eigenvalue weighted by atomic mass is 10.5. The maximum atomic E-state index is 11.1. The van der Waals surface area contributed by atoms with Gasteiger partial charge in [-0.1, -0.05) is 0 Å². The number of aromatic nitrogens is 2. The summed E-state index contributed by atoms with van der Waals surface area (Å²) in [7, 11) is 0. The van der Waals surface area contributed by atoms with Crippen molar-refractivity contribution < 1.29 is 9.53 Å². The van der Waals surface area contributed by atoms with E-state index in [4.69, 9.17) is 4.74 Å². The minimum atomic E-state index is -0.205. The van der Waals surface area contributed by atoms with Crippen molar-refractivity contribution in [2.45, 2.75) is 20.0 Å². The van der Waals surface area contributed by atoms with Crippen LogP contribution in [0.3, 0.4) is 0 Å². The fraction of sp³-hybridized carbons (Fsp3) is 0.500. The molecule has 1 rings (SSSR count). The fourth-order valence-corrected chi connectivity index (χ4v) is 0.744. The van der Waals surface area contributed by atoms with Crippen LogP contribution in [0.4, 0.5) is 5.95 Å². The zero-order valence-corrected chi connectivity index (χ0v) is 7.70. The summed E-state index contributed by atoms with van der Waals surface area (Å²) in [4.78, 5) is 17.7. The van der Waals surface area contributed by atoms with Crippen LogP contribution in [0.1, 0.15) is 13.8 Å². The molecule has 1 amide bonds. The summed E-state index contributed by atoms with van der Waals surface area (Å²) in [5, 5.41) is 2.55. The van der Waals surface area contributed by atoms with Crippen LogP contribution < -0.4 is 5.32 Å². The van der Waals surface area contributed by atoms with Gasteiger partial charge in [-0.15, -0.1) is 0 Å². The minimum absolute atomic E-state index is 0.0539. The summed E-state index contributed by atoms with van der Waals surface area (Å²) >= 11 is 0. The molecule has 1 aromatic heterocycles. The number of imidazole rings is 1. The Hall–Kier alpha value is -1.36. The number of carbonyl (C=O) groups excluding carboxylic acids is 1. The Morgan fingerprint density at radius 3 is 3.08 bits per heavy atom. The summed E-state index contributed by atoms with van der Waals surface area (Å²) in [5.41, 5.74) is 0. The number of nitrogens with zero attached hydrogens (tertiary/aromatic N) is 1. The average Bonchev–Trinajstić information content (AvgIpc) is 2.53. The van der Waals surface area contributed by atoms with Crippen molar-refractivity contribution in [3.05, 3.63) is 12.4 Å². The Labute approximate surface area is 76.5 Å². The highest BCUT2D eigenvalue weighted by Crippen LogP contribution is 1.95. The molecule has 5 nitrogen and oxygen atoms in total. The van der Waals surface area contributed by atoms with Crippen LogP contribution in [-0.2, 0) is 9.53 Å². The number of nitrogens with one attached hydrogen (secondary N) is 2. The van der Waals surface area contributed by atoms with Crippen LogP contribution in [0.25, 0.3) is 0 Å². The van der Waals surface area contributed by atoms with Crippen molar-refractivity contribution in [2.75, 3.05) is 11.9 Å². The van der Waals surface area contributed by atoms with Crippen molar-refractivity contribution >= 4 is 11.9 Å². The molecule has 0 atom stereocenters. The molecule has 0 saturated heterocycles. The molecule has 1 aromatic rings. The highest BCUT2D eigenvalue weighted by atomic mass is 16.5. The quantitative estimate of drug-likeness (QED) is 0.724. The van der Waals surface area contributed by atoms with E-state index in [1.807, 2.05) is 13.8 Å². The second kappa shape index (κ2) is 4.61. The number of hydrogen-bond acceptors (Lipinski definition) is 3. The fourth-order valence-electron chi connectivity index (χ4n) is 0.744. The zero-order chi connectivity index (χ0) is 9.68. The van der Waals surface area contributed by atoms with E-state index in [0.717, 1.165) is 0 Å². The number of ether oxygens (including phenoxy) is 1. The lowest BCUT2D eigenvalue weighted by Crippen LogP contribution is -2.21. The van der Waals surface area contributed by atoms with Gasteiger partial charge in [0.25, 0.3) is 5.91 Å². The van der Waals surface area contributed by atoms with E-state index in [1.165, 1.54) is 0 Å². The van der Waals surface area contributed by atoms with Gasteiger partial charge in [0.05, 0.1) is 6.10 Å². The zero-order valence-electron chi connectivity index (χ0n) is 7.70. The van der Waals surface area contributed by atoms with E-state index in [-0.39, 0.29) is 18.6 Å². The van der Waals surface area contributed by atoms with Crippen molar-refractivity contribution in [1.82, 2.24) is 9.97 Å². The summed E-state index contributed by atoms with van der Waals surface area (Å²) in [6, 6.07) is 0. The van der Waals surface area contributed by atoms with Crippen molar-refractivity contribution in [1.29, 1.82) is 0 Å². The van der Waals surface area contributed by atoms with E-state index in [2.05, 4.69) is 15.3 Å². The van der Waals surface area contributed by atoms with Crippen LogP contribution >= 0.6 is 0 Å². The van der Waals surface area contributed by atoms with Crippen molar-refractivity contribution in [3.63, 3.8) is 0 Å².